The van der Waals surface area contributed by atoms with Gasteiger partial charge in [0, 0.05) is 33.1 Å². The molecule has 3 heterocycles. The molecule has 0 saturated heterocycles. The number of thiophene rings is 1. The zero-order valence-corrected chi connectivity index (χ0v) is 41.7. The topological polar surface area (TPSA) is 15.3 Å². The third-order valence-corrected chi connectivity index (χ3v) is 17.5. The van der Waals surface area contributed by atoms with Crippen molar-refractivity contribution in [3.05, 3.63) is 129 Å². The van der Waals surface area contributed by atoms with Crippen molar-refractivity contribution in [1.82, 2.24) is 0 Å². The van der Waals surface area contributed by atoms with Crippen LogP contribution in [-0.2, 0) is 32.5 Å². The van der Waals surface area contributed by atoms with Gasteiger partial charge < -0.3 is 10.2 Å². The maximum absolute atomic E-state index is 4.33. The van der Waals surface area contributed by atoms with E-state index in [2.05, 4.69) is 216 Å². The van der Waals surface area contributed by atoms with Crippen LogP contribution < -0.4 is 26.6 Å². The van der Waals surface area contributed by atoms with Gasteiger partial charge in [-0.05, 0) is 150 Å². The van der Waals surface area contributed by atoms with Crippen molar-refractivity contribution in [3.8, 4) is 22.3 Å². The molecule has 0 radical (unpaired) electrons. The Balaban J connectivity index is 1.37. The minimum atomic E-state index is 0.000519. The van der Waals surface area contributed by atoms with Crippen molar-refractivity contribution in [2.75, 3.05) is 10.2 Å². The minimum Gasteiger partial charge on any atom is -0.347 e. The fourth-order valence-corrected chi connectivity index (χ4v) is 13.4. The van der Waals surface area contributed by atoms with Gasteiger partial charge in [0.15, 0.2) is 0 Å². The lowest BCUT2D eigenvalue weighted by Gasteiger charge is -2.47. The van der Waals surface area contributed by atoms with E-state index in [0.717, 1.165) is 0 Å². The number of fused-ring (bicyclic) bond motifs is 7. The number of hydrogen-bond donors (Lipinski definition) is 1. The van der Waals surface area contributed by atoms with Gasteiger partial charge >= 0.3 is 0 Å². The molecule has 324 valence electrons. The molecule has 2 aliphatic carbocycles. The lowest BCUT2D eigenvalue weighted by molar-refractivity contribution is 0.332. The first-order chi connectivity index (χ1) is 29.4. The Kier molecular flexibility index (Phi) is 9.25. The van der Waals surface area contributed by atoms with Gasteiger partial charge in [0.25, 0.3) is 6.71 Å². The summed E-state index contributed by atoms with van der Waals surface area (Å²) in [6.07, 6.45) is 4.75. The molecule has 4 heteroatoms. The van der Waals surface area contributed by atoms with Crippen LogP contribution in [0.1, 0.15) is 161 Å². The van der Waals surface area contributed by atoms with E-state index in [4.69, 9.17) is 0 Å². The molecule has 5 aromatic carbocycles. The largest absolute Gasteiger partial charge is 0.347 e. The first kappa shape index (κ1) is 42.4. The van der Waals surface area contributed by atoms with E-state index in [1.807, 2.05) is 0 Å². The lowest BCUT2D eigenvalue weighted by Crippen LogP contribution is -2.62. The van der Waals surface area contributed by atoms with E-state index >= 15 is 0 Å². The summed E-state index contributed by atoms with van der Waals surface area (Å²) in [6, 6.07) is 35.9. The highest BCUT2D eigenvalue weighted by molar-refractivity contribution is 7.20. The SMILES string of the molecule is Cc1cc2c3c(c1-c1ccc(C(C)(C)C)cc1)Nc1sc4c(c1B3c1cc3c(cc1N2c1ccc(C(C)(C)C)cc1-c1ccccc1)C(C)(C)CCC3(C)C)C(C)(C)CCC4(C)C. The molecule has 2 nitrogen and oxygen atoms in total. The molecule has 4 aliphatic rings. The van der Waals surface area contributed by atoms with E-state index < -0.39 is 0 Å². The van der Waals surface area contributed by atoms with Gasteiger partial charge in [-0.2, -0.15) is 0 Å². The van der Waals surface area contributed by atoms with Crippen LogP contribution in [0.15, 0.2) is 91.0 Å². The molecule has 63 heavy (non-hydrogen) atoms. The zero-order chi connectivity index (χ0) is 45.0. The van der Waals surface area contributed by atoms with E-state index in [1.54, 1.807) is 10.4 Å². The summed E-state index contributed by atoms with van der Waals surface area (Å²) in [7, 11) is 0. The van der Waals surface area contributed by atoms with Gasteiger partial charge in [-0.3, -0.25) is 0 Å². The Hall–Kier alpha value is -4.54. The zero-order valence-electron chi connectivity index (χ0n) is 40.9. The fraction of sp³-hybridized carbons (Fsp3) is 0.424. The van der Waals surface area contributed by atoms with Gasteiger partial charge in [-0.15, -0.1) is 11.3 Å². The molecule has 0 amide bonds. The Morgan fingerprint density at radius 2 is 1.16 bits per heavy atom. The minimum absolute atomic E-state index is 0.000519. The highest BCUT2D eigenvalue weighted by atomic mass is 32.1. The normalized spacial score (nSPS) is 18.7. The predicted octanol–water partition coefficient (Wildman–Crippen LogP) is 15.0. The van der Waals surface area contributed by atoms with Crippen LogP contribution in [-0.4, -0.2) is 6.71 Å². The average Bonchev–Trinajstić information content (AvgIpc) is 3.63. The Labute approximate surface area is 384 Å². The molecule has 1 N–H and O–H groups in total. The highest BCUT2D eigenvalue weighted by Crippen LogP contribution is 2.55. The molecule has 0 saturated carbocycles. The van der Waals surface area contributed by atoms with Crippen LogP contribution in [0.4, 0.5) is 27.8 Å². The number of anilines is 5. The second-order valence-corrected chi connectivity index (χ2v) is 25.5. The van der Waals surface area contributed by atoms with Crippen LogP contribution in [0.2, 0.25) is 0 Å². The second-order valence-electron chi connectivity index (χ2n) is 24.5. The van der Waals surface area contributed by atoms with E-state index in [-0.39, 0.29) is 39.2 Å². The summed E-state index contributed by atoms with van der Waals surface area (Å²) in [6.45, 7) is 36.4. The number of aryl methyl sites for hydroxylation is 1. The van der Waals surface area contributed by atoms with Crippen LogP contribution >= 0.6 is 11.3 Å². The molecule has 2 aliphatic heterocycles. The van der Waals surface area contributed by atoms with Gasteiger partial charge in [-0.25, -0.2) is 0 Å². The maximum atomic E-state index is 4.33. The molecule has 0 atom stereocenters. The molecule has 1 aromatic heterocycles. The maximum Gasteiger partial charge on any atom is 0.253 e. The number of rotatable bonds is 3. The summed E-state index contributed by atoms with van der Waals surface area (Å²) >= 11 is 2.05. The summed E-state index contributed by atoms with van der Waals surface area (Å²) < 4.78 is 0. The Bertz CT molecular complexity index is 2840. The Morgan fingerprint density at radius 3 is 1.79 bits per heavy atom. The Morgan fingerprint density at radius 1 is 0.571 bits per heavy atom. The van der Waals surface area contributed by atoms with Gasteiger partial charge in [0.05, 0.1) is 10.7 Å². The molecule has 10 rings (SSSR count). The van der Waals surface area contributed by atoms with Crippen LogP contribution in [0, 0.1) is 6.92 Å². The van der Waals surface area contributed by atoms with Crippen molar-refractivity contribution in [1.29, 1.82) is 0 Å². The van der Waals surface area contributed by atoms with Crippen molar-refractivity contribution in [2.24, 2.45) is 0 Å². The van der Waals surface area contributed by atoms with Crippen LogP contribution in [0.3, 0.4) is 0 Å². The number of benzene rings is 5. The third kappa shape index (κ3) is 6.54. The number of nitrogens with one attached hydrogen (secondary N) is 1. The number of hydrogen-bond acceptors (Lipinski definition) is 3. The third-order valence-electron chi connectivity index (χ3n) is 16.0. The van der Waals surface area contributed by atoms with E-state index in [9.17, 15) is 0 Å². The van der Waals surface area contributed by atoms with Gasteiger partial charge in [0.1, 0.15) is 0 Å². The molecule has 6 aromatic rings. The van der Waals surface area contributed by atoms with Crippen molar-refractivity contribution in [3.63, 3.8) is 0 Å². The first-order valence-electron chi connectivity index (χ1n) is 23.8. The molecule has 0 fully saturated rings. The van der Waals surface area contributed by atoms with Crippen LogP contribution in [0.25, 0.3) is 22.3 Å². The second kappa shape index (κ2) is 13.7. The molecule has 0 unspecified atom stereocenters. The summed E-state index contributed by atoms with van der Waals surface area (Å²) in [5.41, 5.74) is 23.7. The van der Waals surface area contributed by atoms with E-state index in [1.165, 1.54) is 120 Å². The smallest absolute Gasteiger partial charge is 0.253 e. The summed E-state index contributed by atoms with van der Waals surface area (Å²) in [5.74, 6) is 0. The monoisotopic (exact) mass is 849 g/mol. The quantitative estimate of drug-likeness (QED) is 0.178. The molecular weight excluding hydrogens is 780 g/mol. The molecule has 0 bridgehead atoms. The highest BCUT2D eigenvalue weighted by Gasteiger charge is 2.51. The lowest BCUT2D eigenvalue weighted by atomic mass is 9.32. The average molecular weight is 849 g/mol. The van der Waals surface area contributed by atoms with Gasteiger partial charge in [-0.1, -0.05) is 164 Å². The molecule has 0 spiro atoms. The molecular formula is C59H69BN2S. The van der Waals surface area contributed by atoms with Crippen molar-refractivity contribution < 1.29 is 0 Å². The fourth-order valence-electron chi connectivity index (χ4n) is 11.8. The summed E-state index contributed by atoms with van der Waals surface area (Å²) in [5, 5.41) is 5.67. The van der Waals surface area contributed by atoms with Gasteiger partial charge in [0.2, 0.25) is 0 Å². The van der Waals surface area contributed by atoms with E-state index in [0.29, 0.717) is 0 Å². The van der Waals surface area contributed by atoms with Crippen molar-refractivity contribution in [2.45, 2.75) is 162 Å². The van der Waals surface area contributed by atoms with Crippen LogP contribution in [0.5, 0.6) is 0 Å². The number of nitrogens with zero attached hydrogens (tertiary/aromatic N) is 1. The predicted molar refractivity (Wildman–Crippen MR) is 277 cm³/mol. The standard InChI is InChI=1S/C59H69BN2S/c1-35-31-46-49-51(47(35)37-21-23-38(24-22-37)54(2,3)4)61-53-50(48-52(63-53)59(14,15)30-29-58(48,12)13)60(49)43-33-41-42(57(10,11)28-27-56(41,8)9)34-45(43)62(46)44-26-25-39(55(5,6)7)32-40(44)36-19-17-16-18-20-36/h16-26,31-34,61H,27-30H2,1-15H3. The first-order valence-corrected chi connectivity index (χ1v) is 24.6. The summed E-state index contributed by atoms with van der Waals surface area (Å²) in [4.78, 5) is 4.28. The van der Waals surface area contributed by atoms with Crippen molar-refractivity contribution >= 4 is 62.2 Å².